The second-order valence-corrected chi connectivity index (χ2v) is 5.59. The Morgan fingerprint density at radius 2 is 1.81 bits per heavy atom. The minimum absolute atomic E-state index is 0.0106. The summed E-state index contributed by atoms with van der Waals surface area (Å²) in [7, 11) is 1.42. The number of hydrogen-bond acceptors (Lipinski definition) is 6. The van der Waals surface area contributed by atoms with Gasteiger partial charge in [0, 0.05) is 24.7 Å². The molecule has 2 rings (SSSR count). The first kappa shape index (κ1) is 19.7. The van der Waals surface area contributed by atoms with E-state index in [0.29, 0.717) is 5.56 Å². The minimum atomic E-state index is -0.616. The lowest BCUT2D eigenvalue weighted by molar-refractivity contribution is -0.384. The number of rotatable bonds is 7. The third-order valence-corrected chi connectivity index (χ3v) is 3.83. The van der Waals surface area contributed by atoms with Crippen molar-refractivity contribution in [3.8, 4) is 0 Å². The lowest BCUT2D eigenvalue weighted by Gasteiger charge is -2.20. The summed E-state index contributed by atoms with van der Waals surface area (Å²) in [6.07, 6.45) is 0. The molecule has 0 aliphatic heterocycles. The van der Waals surface area contributed by atoms with Crippen LogP contribution in [0.15, 0.2) is 48.5 Å². The van der Waals surface area contributed by atoms with Crippen molar-refractivity contribution in [1.29, 1.82) is 0 Å². The van der Waals surface area contributed by atoms with Crippen LogP contribution in [-0.4, -0.2) is 42.7 Å². The first-order valence-electron chi connectivity index (χ1n) is 7.96. The Kier molecular flexibility index (Phi) is 6.34. The van der Waals surface area contributed by atoms with Gasteiger partial charge in [0.1, 0.15) is 0 Å². The number of non-ortho nitro benzene ring substituents is 1. The molecule has 0 fully saturated rings. The predicted octanol–water partition coefficient (Wildman–Crippen LogP) is 0.864. The molecule has 0 radical (unpaired) electrons. The zero-order valence-corrected chi connectivity index (χ0v) is 14.5. The van der Waals surface area contributed by atoms with E-state index in [4.69, 9.17) is 5.73 Å². The van der Waals surface area contributed by atoms with Crippen LogP contribution in [0.2, 0.25) is 0 Å². The molecule has 0 aliphatic carbocycles. The monoisotopic (exact) mass is 370 g/mol. The summed E-state index contributed by atoms with van der Waals surface area (Å²) in [5.74, 6) is -1.46. The van der Waals surface area contributed by atoms with E-state index in [0.717, 1.165) is 11.0 Å². The third kappa shape index (κ3) is 4.73. The highest BCUT2D eigenvalue weighted by Gasteiger charge is 2.23. The van der Waals surface area contributed by atoms with Crippen LogP contribution < -0.4 is 16.0 Å². The summed E-state index contributed by atoms with van der Waals surface area (Å²) in [4.78, 5) is 48.0. The fourth-order valence-electron chi connectivity index (χ4n) is 2.36. The number of anilines is 1. The van der Waals surface area contributed by atoms with Crippen LogP contribution in [0.3, 0.4) is 0 Å². The number of likely N-dealkylation sites (N-methyl/N-ethyl adjacent to an activating group) is 1. The molecule has 0 bridgehead atoms. The number of carbonyl (C=O) groups excluding carboxylic acids is 3. The number of nitrogens with zero attached hydrogens (tertiary/aromatic N) is 2. The summed E-state index contributed by atoms with van der Waals surface area (Å²) in [5, 5.41) is 13.4. The fraction of sp³-hybridized carbons (Fsp3) is 0.167. The van der Waals surface area contributed by atoms with Crippen LogP contribution >= 0.6 is 0 Å². The van der Waals surface area contributed by atoms with Crippen molar-refractivity contribution in [3.63, 3.8) is 0 Å². The zero-order valence-electron chi connectivity index (χ0n) is 14.5. The van der Waals surface area contributed by atoms with Gasteiger partial charge in [-0.25, -0.2) is 0 Å². The van der Waals surface area contributed by atoms with Gasteiger partial charge in [-0.3, -0.25) is 24.5 Å². The summed E-state index contributed by atoms with van der Waals surface area (Å²) in [6, 6.07) is 11.9. The average molecular weight is 370 g/mol. The number of carbonyl (C=O) groups is 3. The molecule has 2 aromatic rings. The van der Waals surface area contributed by atoms with Crippen LogP contribution in [0, 0.1) is 10.1 Å². The van der Waals surface area contributed by atoms with Crippen LogP contribution in [0.4, 0.5) is 11.4 Å². The molecule has 0 heterocycles. The first-order chi connectivity index (χ1) is 12.8. The van der Waals surface area contributed by atoms with Gasteiger partial charge >= 0.3 is 0 Å². The van der Waals surface area contributed by atoms with E-state index in [1.807, 2.05) is 0 Å². The molecule has 2 aromatic carbocycles. The lowest BCUT2D eigenvalue weighted by Crippen LogP contribution is -2.40. The van der Waals surface area contributed by atoms with Crippen molar-refractivity contribution < 1.29 is 19.3 Å². The van der Waals surface area contributed by atoms with Crippen molar-refractivity contribution in [2.45, 2.75) is 0 Å². The standard InChI is InChI=1S/C18H18N4O5/c1-21(17(24)11-20-16(23)10-19)15-8-7-13(22(26)27)9-14(15)18(25)12-5-3-2-4-6-12/h2-9H,10-11,19H2,1H3,(H,20,23). The van der Waals surface area contributed by atoms with Crippen LogP contribution in [0.1, 0.15) is 15.9 Å². The highest BCUT2D eigenvalue weighted by Crippen LogP contribution is 2.27. The summed E-state index contributed by atoms with van der Waals surface area (Å²) in [5.41, 5.74) is 5.44. The Balaban J connectivity index is 2.40. The summed E-state index contributed by atoms with van der Waals surface area (Å²) >= 11 is 0. The van der Waals surface area contributed by atoms with Crippen molar-refractivity contribution in [2.75, 3.05) is 25.0 Å². The zero-order chi connectivity index (χ0) is 20.0. The van der Waals surface area contributed by atoms with Crippen molar-refractivity contribution in [1.82, 2.24) is 5.32 Å². The number of ketones is 1. The van der Waals surface area contributed by atoms with Gasteiger partial charge in [0.25, 0.3) is 5.69 Å². The molecule has 0 saturated carbocycles. The Morgan fingerprint density at radius 3 is 2.41 bits per heavy atom. The van der Waals surface area contributed by atoms with Gasteiger partial charge in [-0.15, -0.1) is 0 Å². The SMILES string of the molecule is CN(C(=O)CNC(=O)CN)c1ccc([N+](=O)[O-])cc1C(=O)c1ccccc1. The highest BCUT2D eigenvalue weighted by molar-refractivity contribution is 6.14. The van der Waals surface area contributed by atoms with Gasteiger partial charge in [-0.05, 0) is 6.07 Å². The molecule has 27 heavy (non-hydrogen) atoms. The van der Waals surface area contributed by atoms with Crippen molar-refractivity contribution >= 4 is 29.0 Å². The van der Waals surface area contributed by atoms with Crippen LogP contribution in [0.25, 0.3) is 0 Å². The molecule has 0 saturated heterocycles. The number of nitrogens with one attached hydrogen (secondary N) is 1. The Hall–Kier alpha value is -3.59. The maximum Gasteiger partial charge on any atom is 0.270 e. The molecule has 3 N–H and O–H groups in total. The maximum atomic E-state index is 12.8. The molecule has 0 aliphatic rings. The highest BCUT2D eigenvalue weighted by atomic mass is 16.6. The van der Waals surface area contributed by atoms with Crippen LogP contribution in [-0.2, 0) is 9.59 Å². The van der Waals surface area contributed by atoms with Crippen molar-refractivity contribution in [3.05, 3.63) is 69.8 Å². The number of nitro benzene ring substituents is 1. The van der Waals surface area contributed by atoms with E-state index in [9.17, 15) is 24.5 Å². The van der Waals surface area contributed by atoms with E-state index in [1.54, 1.807) is 30.3 Å². The van der Waals surface area contributed by atoms with Gasteiger partial charge in [0.05, 0.1) is 29.3 Å². The van der Waals surface area contributed by atoms with Gasteiger partial charge in [-0.1, -0.05) is 30.3 Å². The second-order valence-electron chi connectivity index (χ2n) is 5.59. The number of nitro groups is 1. The first-order valence-corrected chi connectivity index (χ1v) is 7.96. The van der Waals surface area contributed by atoms with E-state index in [1.165, 1.54) is 19.2 Å². The van der Waals surface area contributed by atoms with Gasteiger partial charge in [0.2, 0.25) is 11.8 Å². The molecule has 9 heteroatoms. The van der Waals surface area contributed by atoms with Crippen LogP contribution in [0.5, 0.6) is 0 Å². The second kappa shape index (κ2) is 8.68. The fourth-order valence-corrected chi connectivity index (χ4v) is 2.36. The number of nitrogens with two attached hydrogens (primary N) is 1. The minimum Gasteiger partial charge on any atom is -0.346 e. The topological polar surface area (TPSA) is 136 Å². The maximum absolute atomic E-state index is 12.8. The van der Waals surface area contributed by atoms with E-state index in [2.05, 4.69) is 5.32 Å². The van der Waals surface area contributed by atoms with E-state index < -0.39 is 22.5 Å². The van der Waals surface area contributed by atoms with Crippen molar-refractivity contribution in [2.24, 2.45) is 5.73 Å². The smallest absolute Gasteiger partial charge is 0.270 e. The molecule has 9 nitrogen and oxygen atoms in total. The number of amides is 2. The molecule has 140 valence electrons. The lowest BCUT2D eigenvalue weighted by atomic mass is 10.0. The molecule has 0 unspecified atom stereocenters. The normalized spacial score (nSPS) is 10.1. The summed E-state index contributed by atoms with van der Waals surface area (Å²) < 4.78 is 0. The molecular formula is C18H18N4O5. The van der Waals surface area contributed by atoms with E-state index >= 15 is 0 Å². The molecule has 2 amide bonds. The average Bonchev–Trinajstić information content (AvgIpc) is 2.70. The van der Waals surface area contributed by atoms with Gasteiger partial charge in [0.15, 0.2) is 5.78 Å². The Bertz CT molecular complexity index is 883. The Labute approximate surface area is 154 Å². The molecule has 0 spiro atoms. The van der Waals surface area contributed by atoms with Gasteiger partial charge < -0.3 is 16.0 Å². The quantitative estimate of drug-likeness (QED) is 0.421. The largest absolute Gasteiger partial charge is 0.346 e. The number of benzene rings is 2. The van der Waals surface area contributed by atoms with Gasteiger partial charge in [-0.2, -0.15) is 0 Å². The predicted molar refractivity (Wildman–Crippen MR) is 98.4 cm³/mol. The Morgan fingerprint density at radius 1 is 1.15 bits per heavy atom. The summed E-state index contributed by atoms with van der Waals surface area (Å²) in [6.45, 7) is -0.575. The molecular weight excluding hydrogens is 352 g/mol. The number of hydrogen-bond donors (Lipinski definition) is 2. The van der Waals surface area contributed by atoms with E-state index in [-0.39, 0.29) is 30.0 Å². The molecule has 0 aromatic heterocycles. The molecule has 0 atom stereocenters. The third-order valence-electron chi connectivity index (χ3n) is 3.83.